The number of carbonyl (C=O) groups excluding carboxylic acids is 2. The van der Waals surface area contributed by atoms with E-state index in [1.165, 1.54) is 6.07 Å². The summed E-state index contributed by atoms with van der Waals surface area (Å²) in [6.45, 7) is 4.35. The van der Waals surface area contributed by atoms with Gasteiger partial charge < -0.3 is 4.90 Å². The maximum absolute atomic E-state index is 13.8. The van der Waals surface area contributed by atoms with Gasteiger partial charge in [-0.1, -0.05) is 26.0 Å². The van der Waals surface area contributed by atoms with Crippen molar-refractivity contribution in [1.82, 2.24) is 20.1 Å². The Kier molecular flexibility index (Phi) is 4.78. The first-order chi connectivity index (χ1) is 12.0. The molecule has 0 aliphatic carbocycles. The Morgan fingerprint density at radius 2 is 2.12 bits per heavy atom. The minimum absolute atomic E-state index is 0.0177. The predicted octanol–water partition coefficient (Wildman–Crippen LogP) is 2.20. The molecule has 7 nitrogen and oxygen atoms in total. The van der Waals surface area contributed by atoms with Gasteiger partial charge >= 0.3 is 0 Å². The lowest BCUT2D eigenvalue weighted by molar-refractivity contribution is -0.136. The molecule has 1 aliphatic rings. The summed E-state index contributed by atoms with van der Waals surface area (Å²) in [7, 11) is 0. The van der Waals surface area contributed by atoms with E-state index >= 15 is 0 Å². The highest BCUT2D eigenvalue weighted by molar-refractivity contribution is 5.96. The molecule has 1 fully saturated rings. The lowest BCUT2D eigenvalue weighted by Crippen LogP contribution is -2.48. The van der Waals surface area contributed by atoms with E-state index in [0.29, 0.717) is 13.0 Å². The number of nitrogens with zero attached hydrogens (tertiary/aromatic N) is 3. The average Bonchev–Trinajstić information content (AvgIpc) is 3.18. The summed E-state index contributed by atoms with van der Waals surface area (Å²) in [5, 5.41) is 9.16. The van der Waals surface area contributed by atoms with Crippen molar-refractivity contribution in [3.8, 4) is 11.4 Å². The number of hydrogen-bond donors (Lipinski definition) is 2. The highest BCUT2D eigenvalue weighted by Crippen LogP contribution is 2.22. The van der Waals surface area contributed by atoms with Gasteiger partial charge in [0.2, 0.25) is 17.8 Å². The average molecular weight is 345 g/mol. The number of aromatic amines is 1. The minimum atomic E-state index is -0.578. The molecule has 1 aromatic heterocycles. The second-order valence-electron chi connectivity index (χ2n) is 6.36. The molecular weight excluding hydrogens is 325 g/mol. The number of amides is 2. The molecule has 132 valence electrons. The van der Waals surface area contributed by atoms with Crippen molar-refractivity contribution in [3.05, 3.63) is 30.1 Å². The van der Waals surface area contributed by atoms with Gasteiger partial charge in [-0.15, -0.1) is 5.10 Å². The Morgan fingerprint density at radius 3 is 2.76 bits per heavy atom. The third kappa shape index (κ3) is 3.52. The Balaban J connectivity index is 1.76. The minimum Gasteiger partial charge on any atom is -0.330 e. The zero-order chi connectivity index (χ0) is 18.0. The number of anilines is 1. The molecule has 1 atom stereocenters. The van der Waals surface area contributed by atoms with Crippen LogP contribution >= 0.6 is 0 Å². The molecule has 2 N–H and O–H groups in total. The van der Waals surface area contributed by atoms with Gasteiger partial charge in [-0.3, -0.25) is 20.0 Å². The molecular formula is C17H20FN5O2. The van der Waals surface area contributed by atoms with Gasteiger partial charge in [-0.2, -0.15) is 4.98 Å². The first-order valence-electron chi connectivity index (χ1n) is 8.25. The molecule has 2 amide bonds. The first-order valence-corrected chi connectivity index (χ1v) is 8.25. The van der Waals surface area contributed by atoms with Gasteiger partial charge in [0, 0.05) is 13.0 Å². The normalized spacial score (nSPS) is 15.7. The molecule has 0 spiro atoms. The number of nitrogens with one attached hydrogen (secondary N) is 2. The summed E-state index contributed by atoms with van der Waals surface area (Å²) in [6, 6.07) is 5.58. The molecule has 0 saturated carbocycles. The molecule has 2 aromatic rings. The molecule has 0 unspecified atom stereocenters. The number of benzene rings is 1. The van der Waals surface area contributed by atoms with Crippen LogP contribution < -0.4 is 5.32 Å². The predicted molar refractivity (Wildman–Crippen MR) is 90.0 cm³/mol. The fourth-order valence-corrected chi connectivity index (χ4v) is 3.04. The van der Waals surface area contributed by atoms with Crippen LogP contribution in [-0.4, -0.2) is 44.5 Å². The maximum atomic E-state index is 13.8. The summed E-state index contributed by atoms with van der Waals surface area (Å²) in [5.74, 6) is -0.557. The number of hydrogen-bond acceptors (Lipinski definition) is 4. The van der Waals surface area contributed by atoms with Crippen LogP contribution in [-0.2, 0) is 9.59 Å². The van der Waals surface area contributed by atoms with Crippen LogP contribution in [0.5, 0.6) is 0 Å². The summed E-state index contributed by atoms with van der Waals surface area (Å²) in [5.41, 5.74) is 0.269. The van der Waals surface area contributed by atoms with E-state index in [9.17, 15) is 14.0 Å². The molecule has 0 radical (unpaired) electrons. The molecule has 25 heavy (non-hydrogen) atoms. The number of rotatable bonds is 5. The van der Waals surface area contributed by atoms with Crippen molar-refractivity contribution in [2.45, 2.75) is 32.7 Å². The monoisotopic (exact) mass is 345 g/mol. The van der Waals surface area contributed by atoms with E-state index in [2.05, 4.69) is 20.5 Å². The summed E-state index contributed by atoms with van der Waals surface area (Å²) in [6.07, 6.45) is 1.22. The second kappa shape index (κ2) is 7.00. The van der Waals surface area contributed by atoms with Gasteiger partial charge in [-0.25, -0.2) is 4.39 Å². The van der Waals surface area contributed by atoms with Crippen LogP contribution in [0.1, 0.15) is 26.7 Å². The smallest absolute Gasteiger partial charge is 0.249 e. The topological polar surface area (TPSA) is 91.0 Å². The van der Waals surface area contributed by atoms with E-state index in [1.807, 2.05) is 13.8 Å². The Labute approximate surface area is 144 Å². The fourth-order valence-electron chi connectivity index (χ4n) is 3.04. The van der Waals surface area contributed by atoms with E-state index in [0.717, 1.165) is 6.42 Å². The summed E-state index contributed by atoms with van der Waals surface area (Å²) < 4.78 is 13.8. The number of H-pyrrole nitrogens is 1. The Morgan fingerprint density at radius 1 is 1.36 bits per heavy atom. The van der Waals surface area contributed by atoms with E-state index in [4.69, 9.17) is 0 Å². The highest BCUT2D eigenvalue weighted by Gasteiger charge is 2.35. The SMILES string of the molecule is CC(C)[C@@H](C(=O)Nc1n[nH]c(-c2ccccc2F)n1)N1CCCC1=O. The largest absolute Gasteiger partial charge is 0.330 e. The van der Waals surface area contributed by atoms with Gasteiger partial charge in [-0.05, 0) is 24.5 Å². The van der Waals surface area contributed by atoms with Crippen LogP contribution in [0.2, 0.25) is 0 Å². The number of likely N-dealkylation sites (tertiary alicyclic amines) is 1. The zero-order valence-corrected chi connectivity index (χ0v) is 14.1. The van der Waals surface area contributed by atoms with Gasteiger partial charge in [0.1, 0.15) is 11.9 Å². The van der Waals surface area contributed by atoms with Crippen LogP contribution in [0.15, 0.2) is 24.3 Å². The lowest BCUT2D eigenvalue weighted by atomic mass is 10.0. The third-order valence-electron chi connectivity index (χ3n) is 4.20. The first kappa shape index (κ1) is 17.1. The molecule has 1 aromatic carbocycles. The van der Waals surface area contributed by atoms with Crippen LogP contribution in [0.3, 0.4) is 0 Å². The second-order valence-corrected chi connectivity index (χ2v) is 6.36. The number of aromatic nitrogens is 3. The molecule has 0 bridgehead atoms. The molecule has 8 heteroatoms. The van der Waals surface area contributed by atoms with Crippen molar-refractivity contribution in [2.75, 3.05) is 11.9 Å². The van der Waals surface area contributed by atoms with Crippen molar-refractivity contribution < 1.29 is 14.0 Å². The maximum Gasteiger partial charge on any atom is 0.249 e. The van der Waals surface area contributed by atoms with Crippen molar-refractivity contribution in [1.29, 1.82) is 0 Å². The van der Waals surface area contributed by atoms with Crippen molar-refractivity contribution in [3.63, 3.8) is 0 Å². The van der Waals surface area contributed by atoms with Crippen molar-refractivity contribution in [2.24, 2.45) is 5.92 Å². The van der Waals surface area contributed by atoms with Crippen LogP contribution in [0.4, 0.5) is 10.3 Å². The Bertz CT molecular complexity index is 789. The van der Waals surface area contributed by atoms with Crippen LogP contribution in [0.25, 0.3) is 11.4 Å². The van der Waals surface area contributed by atoms with E-state index < -0.39 is 11.9 Å². The van der Waals surface area contributed by atoms with Crippen molar-refractivity contribution >= 4 is 17.8 Å². The molecule has 3 rings (SSSR count). The van der Waals surface area contributed by atoms with E-state index in [1.54, 1.807) is 23.1 Å². The third-order valence-corrected chi connectivity index (χ3v) is 4.20. The molecule has 2 heterocycles. The molecule has 1 saturated heterocycles. The quantitative estimate of drug-likeness (QED) is 0.869. The van der Waals surface area contributed by atoms with Crippen LogP contribution in [0, 0.1) is 11.7 Å². The highest BCUT2D eigenvalue weighted by atomic mass is 19.1. The Hall–Kier alpha value is -2.77. The zero-order valence-electron chi connectivity index (χ0n) is 14.1. The number of carbonyl (C=O) groups is 2. The summed E-state index contributed by atoms with van der Waals surface area (Å²) >= 11 is 0. The number of halogens is 1. The standard InChI is InChI=1S/C17H20FN5O2/c1-10(2)14(23-9-5-8-13(23)24)16(25)20-17-19-15(21-22-17)11-6-3-4-7-12(11)18/h3-4,6-7,10,14H,5,8-9H2,1-2H3,(H2,19,20,21,22,25)/t14-/m0/s1. The fraction of sp³-hybridized carbons (Fsp3) is 0.412. The summed E-state index contributed by atoms with van der Waals surface area (Å²) in [4.78, 5) is 30.3. The van der Waals surface area contributed by atoms with Gasteiger partial charge in [0.15, 0.2) is 5.82 Å². The van der Waals surface area contributed by atoms with Gasteiger partial charge in [0.25, 0.3) is 0 Å². The van der Waals surface area contributed by atoms with E-state index in [-0.39, 0.29) is 35.1 Å². The van der Waals surface area contributed by atoms with Gasteiger partial charge in [0.05, 0.1) is 5.56 Å². The lowest BCUT2D eigenvalue weighted by Gasteiger charge is -2.29. The molecule has 1 aliphatic heterocycles.